The molecule has 2 heterocycles. The van der Waals surface area contributed by atoms with E-state index in [9.17, 15) is 9.59 Å². The molecule has 0 bridgehead atoms. The highest BCUT2D eigenvalue weighted by Gasteiger charge is 2.47. The predicted octanol–water partition coefficient (Wildman–Crippen LogP) is 6.08. The van der Waals surface area contributed by atoms with Crippen molar-refractivity contribution in [2.24, 2.45) is 0 Å². The zero-order valence-electron chi connectivity index (χ0n) is 20.5. The number of para-hydroxylation sites is 1. The molecule has 0 aromatic heterocycles. The number of rotatable bonds is 1. The van der Waals surface area contributed by atoms with Crippen molar-refractivity contribution in [1.29, 1.82) is 0 Å². The second-order valence-corrected chi connectivity index (χ2v) is 10.8. The van der Waals surface area contributed by atoms with E-state index < -0.39 is 0 Å². The van der Waals surface area contributed by atoms with Crippen LogP contribution in [-0.4, -0.2) is 22.9 Å². The van der Waals surface area contributed by atoms with E-state index in [1.807, 2.05) is 15.9 Å². The fraction of sp³-hybridized carbons (Fsp3) is 0.429. The van der Waals surface area contributed by atoms with Gasteiger partial charge in [-0.2, -0.15) is 0 Å². The van der Waals surface area contributed by atoms with Gasteiger partial charge in [0.25, 0.3) is 0 Å². The number of fused-ring (bicyclic) bond motifs is 2. The number of hydrogen-bond donors (Lipinski definition) is 0. The molecule has 0 aliphatic carbocycles. The van der Waals surface area contributed by atoms with Gasteiger partial charge in [0.1, 0.15) is 0 Å². The molecule has 2 aromatic carbocycles. The molecule has 0 saturated carbocycles. The third kappa shape index (κ3) is 3.19. The monoisotopic (exact) mass is 430 g/mol. The molecule has 168 valence electrons. The third-order valence-corrected chi connectivity index (χ3v) is 7.21. The first-order valence-corrected chi connectivity index (χ1v) is 11.3. The highest BCUT2D eigenvalue weighted by Crippen LogP contribution is 2.51. The lowest BCUT2D eigenvalue weighted by molar-refractivity contribution is -0.118. The molecule has 0 fully saturated rings. The maximum absolute atomic E-state index is 12.6. The van der Waals surface area contributed by atoms with Gasteiger partial charge in [0.15, 0.2) is 0 Å². The predicted molar refractivity (Wildman–Crippen MR) is 132 cm³/mol. The van der Waals surface area contributed by atoms with Gasteiger partial charge in [-0.15, -0.1) is 0 Å². The summed E-state index contributed by atoms with van der Waals surface area (Å²) in [7, 11) is 0. The lowest BCUT2D eigenvalue weighted by Crippen LogP contribution is -2.55. The summed E-state index contributed by atoms with van der Waals surface area (Å²) < 4.78 is 0. The van der Waals surface area contributed by atoms with Gasteiger partial charge < -0.3 is 9.80 Å². The average molecular weight is 431 g/mol. The molecule has 0 N–H and O–H groups in total. The first kappa shape index (κ1) is 22.3. The Morgan fingerprint density at radius 1 is 0.844 bits per heavy atom. The van der Waals surface area contributed by atoms with E-state index in [0.717, 1.165) is 28.9 Å². The minimum absolute atomic E-state index is 0.0419. The van der Waals surface area contributed by atoms with Crippen molar-refractivity contribution >= 4 is 28.8 Å². The van der Waals surface area contributed by atoms with Crippen LogP contribution in [0.25, 0.3) is 5.57 Å². The molecule has 2 aliphatic heterocycles. The van der Waals surface area contributed by atoms with Crippen molar-refractivity contribution in [3.05, 3.63) is 65.2 Å². The molecule has 0 radical (unpaired) electrons. The Kier molecular flexibility index (Phi) is 4.92. The Morgan fingerprint density at radius 3 is 2.09 bits per heavy atom. The van der Waals surface area contributed by atoms with Crippen molar-refractivity contribution in [2.45, 2.75) is 78.3 Å². The van der Waals surface area contributed by atoms with E-state index >= 15 is 0 Å². The minimum atomic E-state index is -0.365. The van der Waals surface area contributed by atoms with Crippen LogP contribution in [0.5, 0.6) is 0 Å². The molecule has 32 heavy (non-hydrogen) atoms. The van der Waals surface area contributed by atoms with Crippen LogP contribution in [0.1, 0.15) is 78.5 Å². The van der Waals surface area contributed by atoms with Crippen molar-refractivity contribution < 1.29 is 9.59 Å². The van der Waals surface area contributed by atoms with Crippen molar-refractivity contribution in [2.75, 3.05) is 9.80 Å². The van der Waals surface area contributed by atoms with E-state index in [4.69, 9.17) is 0 Å². The van der Waals surface area contributed by atoms with E-state index in [1.54, 1.807) is 13.8 Å². The Bertz CT molecular complexity index is 1160. The number of amides is 2. The second kappa shape index (κ2) is 7.06. The SMILES string of the molecule is CC(=O)N1c2ccc(C3(C)CC(C)(C)N(C(C)=O)c4ccccc43)cc2C(C)=CC1(C)C. The van der Waals surface area contributed by atoms with Crippen LogP contribution in [0.3, 0.4) is 0 Å². The molecule has 4 nitrogen and oxygen atoms in total. The topological polar surface area (TPSA) is 40.6 Å². The molecular formula is C28H34N2O2. The minimum Gasteiger partial charge on any atom is -0.307 e. The fourth-order valence-electron chi connectivity index (χ4n) is 6.30. The van der Waals surface area contributed by atoms with Crippen LogP contribution in [0, 0.1) is 0 Å². The lowest BCUT2D eigenvalue weighted by Gasteiger charge is -2.51. The van der Waals surface area contributed by atoms with Crippen LogP contribution < -0.4 is 9.80 Å². The van der Waals surface area contributed by atoms with Crippen LogP contribution >= 0.6 is 0 Å². The molecule has 2 amide bonds. The zero-order chi connectivity index (χ0) is 23.6. The molecule has 1 unspecified atom stereocenters. The molecule has 1 atom stereocenters. The summed E-state index contributed by atoms with van der Waals surface area (Å²) in [5.41, 5.74) is 5.63. The zero-order valence-corrected chi connectivity index (χ0v) is 20.5. The number of benzene rings is 2. The summed E-state index contributed by atoms with van der Waals surface area (Å²) in [6.45, 7) is 16.1. The number of carbonyl (C=O) groups is 2. The molecule has 2 aliphatic rings. The normalized spacial score (nSPS) is 23.2. The summed E-state index contributed by atoms with van der Waals surface area (Å²) >= 11 is 0. The van der Waals surface area contributed by atoms with Crippen LogP contribution in [0.4, 0.5) is 11.4 Å². The van der Waals surface area contributed by atoms with E-state index in [0.29, 0.717) is 0 Å². The van der Waals surface area contributed by atoms with Gasteiger partial charge in [-0.3, -0.25) is 9.59 Å². The molecule has 4 rings (SSSR count). The quantitative estimate of drug-likeness (QED) is 0.550. The Labute approximate surface area is 191 Å². The highest BCUT2D eigenvalue weighted by atomic mass is 16.2. The third-order valence-electron chi connectivity index (χ3n) is 7.21. The van der Waals surface area contributed by atoms with E-state index in [-0.39, 0.29) is 28.3 Å². The van der Waals surface area contributed by atoms with Crippen molar-refractivity contribution in [1.82, 2.24) is 0 Å². The van der Waals surface area contributed by atoms with Gasteiger partial charge in [0.05, 0.1) is 11.2 Å². The average Bonchev–Trinajstić information content (AvgIpc) is 2.65. The van der Waals surface area contributed by atoms with Gasteiger partial charge in [0.2, 0.25) is 11.8 Å². The van der Waals surface area contributed by atoms with Gasteiger partial charge in [-0.25, -0.2) is 0 Å². The summed E-state index contributed by atoms with van der Waals surface area (Å²) in [5, 5.41) is 0. The summed E-state index contributed by atoms with van der Waals surface area (Å²) in [6.07, 6.45) is 2.99. The van der Waals surface area contributed by atoms with E-state index in [2.05, 4.69) is 84.0 Å². The molecule has 0 spiro atoms. The Hall–Kier alpha value is -2.88. The first-order chi connectivity index (χ1) is 14.8. The number of anilines is 2. The molecule has 0 saturated heterocycles. The first-order valence-electron chi connectivity index (χ1n) is 11.3. The largest absolute Gasteiger partial charge is 0.307 e. The maximum atomic E-state index is 12.6. The number of allylic oxidation sites excluding steroid dienone is 1. The molecule has 2 aromatic rings. The standard InChI is InChI=1S/C28H34N2O2/c1-18-16-26(4,5)29(19(2)31)24-14-13-21(15-22(18)24)28(8)17-27(6,7)30(20(3)32)25-12-10-9-11-23(25)28/h9-16H,17H2,1-8H3. The summed E-state index contributed by atoms with van der Waals surface area (Å²) in [5.74, 6) is 0.105. The van der Waals surface area contributed by atoms with Crippen molar-refractivity contribution in [3.8, 4) is 0 Å². The van der Waals surface area contributed by atoms with Crippen LogP contribution in [0.15, 0.2) is 48.5 Å². The highest BCUT2D eigenvalue weighted by molar-refractivity contribution is 5.99. The lowest BCUT2D eigenvalue weighted by atomic mass is 9.64. The number of nitrogens with zero attached hydrogens (tertiary/aromatic N) is 2. The molecular weight excluding hydrogens is 396 g/mol. The van der Waals surface area contributed by atoms with Crippen LogP contribution in [0.2, 0.25) is 0 Å². The van der Waals surface area contributed by atoms with E-state index in [1.165, 1.54) is 11.1 Å². The van der Waals surface area contributed by atoms with Crippen molar-refractivity contribution in [3.63, 3.8) is 0 Å². The second-order valence-electron chi connectivity index (χ2n) is 10.8. The maximum Gasteiger partial charge on any atom is 0.224 e. The fourth-order valence-corrected chi connectivity index (χ4v) is 6.30. The molecule has 4 heteroatoms. The Balaban J connectivity index is 1.93. The summed E-state index contributed by atoms with van der Waals surface area (Å²) in [6, 6.07) is 14.8. The number of carbonyl (C=O) groups excluding carboxylic acids is 2. The number of hydrogen-bond acceptors (Lipinski definition) is 2. The Morgan fingerprint density at radius 2 is 1.47 bits per heavy atom. The smallest absolute Gasteiger partial charge is 0.224 e. The van der Waals surface area contributed by atoms with Gasteiger partial charge in [-0.1, -0.05) is 37.3 Å². The van der Waals surface area contributed by atoms with Gasteiger partial charge >= 0.3 is 0 Å². The van der Waals surface area contributed by atoms with Gasteiger partial charge in [-0.05, 0) is 75.9 Å². The summed E-state index contributed by atoms with van der Waals surface area (Å²) in [4.78, 5) is 29.0. The van der Waals surface area contributed by atoms with Gasteiger partial charge in [0, 0.05) is 36.1 Å². The van der Waals surface area contributed by atoms with Crippen LogP contribution in [-0.2, 0) is 15.0 Å².